The average molecular weight is 761 g/mol. The Morgan fingerprint density at radius 1 is 0.855 bits per heavy atom. The third kappa shape index (κ3) is 4.98. The smallest absolute Gasteiger partial charge is 0.338 e. The summed E-state index contributed by atoms with van der Waals surface area (Å²) in [5.41, 5.74) is -6.11. The summed E-state index contributed by atoms with van der Waals surface area (Å²) in [5, 5.41) is 50.0. The molecule has 3 aliphatic carbocycles. The summed E-state index contributed by atoms with van der Waals surface area (Å²) in [5.74, 6) is -6.67. The summed E-state index contributed by atoms with van der Waals surface area (Å²) < 4.78 is 40.6. The first-order valence-electron chi connectivity index (χ1n) is 19.9. The molecule has 12 heteroatoms. The molecule has 0 aromatic heterocycles. The minimum Gasteiger partial charge on any atom is -0.456 e. The fourth-order valence-corrected chi connectivity index (χ4v) is 12.1. The van der Waals surface area contributed by atoms with Gasteiger partial charge < -0.3 is 48.8 Å². The van der Waals surface area contributed by atoms with Crippen molar-refractivity contribution in [2.45, 2.75) is 131 Å². The Balaban J connectivity index is 1.31. The highest BCUT2D eigenvalue weighted by atomic mass is 16.9. The standard InChI is InChI=1S/C43H52O12/c1-23(2)39-21-29(50-36(46)26-16-10-7-11-17-26)42-31-34(39)53-43(54-39,55-42)28(45)20-14-6-5-9-15-24(3)30-25(4)33(51-37(47)27-18-12-8-13-19-27)41(49,32(30)42)38(48)40(22-44)35(31)52-40/h7-8,10-13,16-19,24-25,28-35,38,44-45,48-49H,1,5-6,9,14-15,20-22H2,2-4H3. The fraction of sp³-hybridized carbons (Fsp3) is 0.628. The van der Waals surface area contributed by atoms with Crippen molar-refractivity contribution in [3.05, 3.63) is 83.9 Å². The van der Waals surface area contributed by atoms with E-state index in [2.05, 4.69) is 13.5 Å². The van der Waals surface area contributed by atoms with Gasteiger partial charge in [0, 0.05) is 12.3 Å². The van der Waals surface area contributed by atoms with E-state index in [0.717, 1.165) is 25.7 Å². The number of hydrogen-bond donors (Lipinski definition) is 4. The third-order valence-corrected chi connectivity index (χ3v) is 14.6. The van der Waals surface area contributed by atoms with Crippen LogP contribution < -0.4 is 0 Å². The van der Waals surface area contributed by atoms with Crippen LogP contribution in [0.1, 0.15) is 86.4 Å². The molecule has 4 N–H and O–H groups in total. The number of rotatable bonds is 6. The highest BCUT2D eigenvalue weighted by molar-refractivity contribution is 5.90. The molecule has 2 spiro atoms. The lowest BCUT2D eigenvalue weighted by Crippen LogP contribution is -2.77. The van der Waals surface area contributed by atoms with Crippen molar-refractivity contribution < 1.29 is 58.4 Å². The molecule has 3 bridgehead atoms. The first kappa shape index (κ1) is 37.4. The Labute approximate surface area is 320 Å². The predicted molar refractivity (Wildman–Crippen MR) is 194 cm³/mol. The Kier molecular flexibility index (Phi) is 8.77. The molecule has 7 fully saturated rings. The Morgan fingerprint density at radius 2 is 1.47 bits per heavy atom. The number of hydrogen-bond acceptors (Lipinski definition) is 12. The summed E-state index contributed by atoms with van der Waals surface area (Å²) in [6, 6.07) is 17.0. The van der Waals surface area contributed by atoms with Gasteiger partial charge in [-0.05, 0) is 60.9 Å². The quantitative estimate of drug-likeness (QED) is 0.189. The SMILES string of the molecule is C=C(C)C12CC(OC(=O)c3ccccc3)C34OC5(OC1C3C1OC1(CO)C(O)C1(O)C(OC(=O)c3ccccc3)C(C)C(C(C)CCCCCCC5O)C14)O2. The molecule has 4 saturated heterocycles. The zero-order valence-corrected chi connectivity index (χ0v) is 31.5. The molecule has 0 amide bonds. The van der Waals surface area contributed by atoms with Gasteiger partial charge in [-0.2, -0.15) is 0 Å². The average Bonchev–Trinajstić information content (AvgIpc) is 3.82. The molecule has 2 aromatic rings. The van der Waals surface area contributed by atoms with Gasteiger partial charge in [0.1, 0.15) is 59.0 Å². The Morgan fingerprint density at radius 3 is 2.09 bits per heavy atom. The van der Waals surface area contributed by atoms with Crippen LogP contribution in [0.15, 0.2) is 72.8 Å². The largest absolute Gasteiger partial charge is 0.456 e. The first-order chi connectivity index (χ1) is 26.3. The molecule has 16 unspecified atom stereocenters. The molecule has 4 aliphatic heterocycles. The van der Waals surface area contributed by atoms with Crippen LogP contribution in [-0.4, -0.2) is 104 Å². The Hall–Kier alpha value is -3.20. The van der Waals surface area contributed by atoms with Crippen molar-refractivity contribution in [2.75, 3.05) is 6.61 Å². The lowest BCUT2D eigenvalue weighted by atomic mass is 9.54. The maximum atomic E-state index is 14.3. The summed E-state index contributed by atoms with van der Waals surface area (Å²) in [6.45, 7) is 9.46. The van der Waals surface area contributed by atoms with Crippen molar-refractivity contribution in [1.82, 2.24) is 0 Å². The predicted octanol–water partition coefficient (Wildman–Crippen LogP) is 4.08. The fourth-order valence-electron chi connectivity index (χ4n) is 12.1. The minimum atomic E-state index is -2.33. The van der Waals surface area contributed by atoms with E-state index in [-0.39, 0.29) is 24.3 Å². The number of carbonyl (C=O) groups excluding carboxylic acids is 2. The molecule has 2 aromatic carbocycles. The van der Waals surface area contributed by atoms with Gasteiger partial charge in [0.15, 0.2) is 0 Å². The van der Waals surface area contributed by atoms with Gasteiger partial charge in [0.2, 0.25) is 0 Å². The molecule has 3 saturated carbocycles. The van der Waals surface area contributed by atoms with Crippen LogP contribution in [0.4, 0.5) is 0 Å². The number of esters is 2. The zero-order valence-electron chi connectivity index (χ0n) is 31.5. The second-order valence-corrected chi connectivity index (χ2v) is 17.4. The first-order valence-corrected chi connectivity index (χ1v) is 19.9. The van der Waals surface area contributed by atoms with Crippen LogP contribution in [0.5, 0.6) is 0 Å². The zero-order chi connectivity index (χ0) is 38.7. The maximum Gasteiger partial charge on any atom is 0.338 e. The van der Waals surface area contributed by atoms with Crippen molar-refractivity contribution in [3.8, 4) is 0 Å². The van der Waals surface area contributed by atoms with Crippen LogP contribution in [0.3, 0.4) is 0 Å². The molecule has 296 valence electrons. The number of aliphatic hydroxyl groups is 4. The van der Waals surface area contributed by atoms with Gasteiger partial charge in [-0.3, -0.25) is 0 Å². The summed E-state index contributed by atoms with van der Waals surface area (Å²) in [6.07, 6.45) is -3.24. The van der Waals surface area contributed by atoms with E-state index in [1.54, 1.807) is 67.6 Å². The van der Waals surface area contributed by atoms with E-state index < -0.39 is 107 Å². The van der Waals surface area contributed by atoms with E-state index in [1.807, 2.05) is 6.92 Å². The van der Waals surface area contributed by atoms with Crippen molar-refractivity contribution in [3.63, 3.8) is 0 Å². The molecule has 9 rings (SSSR count). The lowest BCUT2D eigenvalue weighted by molar-refractivity contribution is -0.460. The maximum absolute atomic E-state index is 14.3. The highest BCUT2D eigenvalue weighted by Gasteiger charge is 2.92. The second-order valence-electron chi connectivity index (χ2n) is 17.4. The van der Waals surface area contributed by atoms with Gasteiger partial charge in [-0.25, -0.2) is 9.59 Å². The van der Waals surface area contributed by atoms with Crippen LogP contribution in [-0.2, 0) is 28.4 Å². The van der Waals surface area contributed by atoms with Crippen LogP contribution in [0.2, 0.25) is 0 Å². The number of carbonyl (C=O) groups is 2. The molecule has 0 radical (unpaired) electrons. The van der Waals surface area contributed by atoms with Crippen LogP contribution >= 0.6 is 0 Å². The number of benzene rings is 2. The number of ether oxygens (including phenoxy) is 6. The molecule has 7 aliphatic rings. The van der Waals surface area contributed by atoms with E-state index in [1.165, 1.54) is 0 Å². The van der Waals surface area contributed by atoms with Crippen LogP contribution in [0.25, 0.3) is 0 Å². The number of fused-ring (bicyclic) bond motifs is 1. The number of aliphatic hydroxyl groups excluding tert-OH is 3. The molecule has 55 heavy (non-hydrogen) atoms. The molecule has 4 heterocycles. The van der Waals surface area contributed by atoms with Gasteiger partial charge in [-0.1, -0.05) is 88.9 Å². The molecular weight excluding hydrogens is 708 g/mol. The van der Waals surface area contributed by atoms with Gasteiger partial charge in [0.25, 0.3) is 0 Å². The molecule has 16 atom stereocenters. The molecular formula is C43H52O12. The summed E-state index contributed by atoms with van der Waals surface area (Å²) in [7, 11) is 0. The van der Waals surface area contributed by atoms with Crippen molar-refractivity contribution in [1.29, 1.82) is 0 Å². The Bertz CT molecular complexity index is 1840. The molecule has 12 nitrogen and oxygen atoms in total. The van der Waals surface area contributed by atoms with E-state index >= 15 is 0 Å². The van der Waals surface area contributed by atoms with Crippen molar-refractivity contribution >= 4 is 11.9 Å². The van der Waals surface area contributed by atoms with Gasteiger partial charge >= 0.3 is 17.9 Å². The van der Waals surface area contributed by atoms with Crippen molar-refractivity contribution in [2.24, 2.45) is 29.6 Å². The van der Waals surface area contributed by atoms with E-state index in [9.17, 15) is 30.0 Å². The monoisotopic (exact) mass is 760 g/mol. The normalized spacial score (nSPS) is 47.9. The second kappa shape index (κ2) is 12.9. The minimum absolute atomic E-state index is 0.0119. The van der Waals surface area contributed by atoms with E-state index in [4.69, 9.17) is 28.4 Å². The lowest BCUT2D eigenvalue weighted by Gasteiger charge is -2.61. The van der Waals surface area contributed by atoms with E-state index in [0.29, 0.717) is 17.6 Å². The van der Waals surface area contributed by atoms with Crippen LogP contribution in [0, 0.1) is 29.6 Å². The van der Waals surface area contributed by atoms with Gasteiger partial charge in [0.05, 0.1) is 23.7 Å². The topological polar surface area (TPSA) is 174 Å². The summed E-state index contributed by atoms with van der Waals surface area (Å²) >= 11 is 0. The highest BCUT2D eigenvalue weighted by Crippen LogP contribution is 2.75. The third-order valence-electron chi connectivity index (χ3n) is 14.6. The summed E-state index contributed by atoms with van der Waals surface area (Å²) in [4.78, 5) is 28.3. The van der Waals surface area contributed by atoms with Gasteiger partial charge in [-0.15, -0.1) is 0 Å². The number of epoxide rings is 1.